The van der Waals surface area contributed by atoms with Gasteiger partial charge in [-0.2, -0.15) is 0 Å². The van der Waals surface area contributed by atoms with Gasteiger partial charge in [0.1, 0.15) is 5.82 Å². The van der Waals surface area contributed by atoms with E-state index in [1.54, 1.807) is 11.3 Å². The lowest BCUT2D eigenvalue weighted by atomic mass is 9.98. The number of aryl methyl sites for hydroxylation is 3. The summed E-state index contributed by atoms with van der Waals surface area (Å²) in [5.74, 6) is 1.29. The fraction of sp³-hybridized carbons (Fsp3) is 0.533. The zero-order chi connectivity index (χ0) is 14.7. The largest absolute Gasteiger partial charge is 0.319 e. The topological polar surface area (TPSA) is 50.7 Å². The summed E-state index contributed by atoms with van der Waals surface area (Å²) in [4.78, 5) is 13.8. The van der Waals surface area contributed by atoms with E-state index >= 15 is 0 Å². The lowest BCUT2D eigenvalue weighted by Crippen LogP contribution is -2.18. The number of hydrogen-bond donors (Lipinski definition) is 1. The van der Waals surface area contributed by atoms with Crippen LogP contribution in [0.15, 0.2) is 5.38 Å². The molecule has 0 spiro atoms. The average Bonchev–Trinajstić information content (AvgIpc) is 2.74. The molecule has 1 N–H and O–H groups in total. The summed E-state index contributed by atoms with van der Waals surface area (Å²) >= 11 is 1.67. The Morgan fingerprint density at radius 2 is 1.80 bits per heavy atom. The van der Waals surface area contributed by atoms with E-state index in [0.29, 0.717) is 12.3 Å². The highest BCUT2D eigenvalue weighted by atomic mass is 32.1. The zero-order valence-corrected chi connectivity index (χ0v) is 13.6. The third kappa shape index (κ3) is 3.41. The molecule has 20 heavy (non-hydrogen) atoms. The Hall–Kier alpha value is -1.33. The maximum atomic E-state index is 4.67. The van der Waals surface area contributed by atoms with E-state index in [2.05, 4.69) is 46.4 Å². The van der Waals surface area contributed by atoms with Gasteiger partial charge >= 0.3 is 0 Å². The molecule has 2 aromatic heterocycles. The third-order valence-corrected chi connectivity index (χ3v) is 4.20. The molecule has 108 valence electrons. The molecule has 0 aliphatic rings. The molecule has 5 heteroatoms. The fourth-order valence-corrected chi connectivity index (χ4v) is 3.26. The standard InChI is InChI=1S/C15H22N4S/c1-9(7-16-5)15-10(2)17-14(18-11(15)3)6-13-8-20-12(4)19-13/h8-9,16H,6-7H2,1-5H3. The number of thiazole rings is 1. The minimum absolute atomic E-state index is 0.426. The maximum Gasteiger partial charge on any atom is 0.134 e. The van der Waals surface area contributed by atoms with Crippen LogP contribution >= 0.6 is 11.3 Å². The van der Waals surface area contributed by atoms with Gasteiger partial charge in [-0.15, -0.1) is 11.3 Å². The molecule has 0 saturated carbocycles. The van der Waals surface area contributed by atoms with Gasteiger partial charge < -0.3 is 5.32 Å². The van der Waals surface area contributed by atoms with E-state index in [9.17, 15) is 0 Å². The summed E-state index contributed by atoms with van der Waals surface area (Å²) in [7, 11) is 1.97. The summed E-state index contributed by atoms with van der Waals surface area (Å²) in [6, 6.07) is 0. The molecule has 0 radical (unpaired) electrons. The Bertz CT molecular complexity index is 568. The summed E-state index contributed by atoms with van der Waals surface area (Å²) in [6.07, 6.45) is 0.715. The highest BCUT2D eigenvalue weighted by molar-refractivity contribution is 7.09. The fourth-order valence-electron chi connectivity index (χ4n) is 2.65. The van der Waals surface area contributed by atoms with Crippen molar-refractivity contribution in [1.82, 2.24) is 20.3 Å². The summed E-state index contributed by atoms with van der Waals surface area (Å²) in [5, 5.41) is 6.39. The maximum absolute atomic E-state index is 4.67. The highest BCUT2D eigenvalue weighted by Crippen LogP contribution is 2.21. The molecule has 0 bridgehead atoms. The quantitative estimate of drug-likeness (QED) is 0.920. The van der Waals surface area contributed by atoms with Crippen molar-refractivity contribution in [3.05, 3.63) is 38.9 Å². The van der Waals surface area contributed by atoms with E-state index < -0.39 is 0 Å². The van der Waals surface area contributed by atoms with Crippen LogP contribution in [0, 0.1) is 20.8 Å². The molecular weight excluding hydrogens is 268 g/mol. The highest BCUT2D eigenvalue weighted by Gasteiger charge is 2.15. The van der Waals surface area contributed by atoms with Gasteiger partial charge in [0.15, 0.2) is 0 Å². The van der Waals surface area contributed by atoms with Gasteiger partial charge in [0.05, 0.1) is 17.1 Å². The number of hydrogen-bond acceptors (Lipinski definition) is 5. The van der Waals surface area contributed by atoms with Crippen molar-refractivity contribution in [2.45, 2.75) is 40.0 Å². The van der Waals surface area contributed by atoms with Crippen LogP contribution in [-0.2, 0) is 6.42 Å². The smallest absolute Gasteiger partial charge is 0.134 e. The van der Waals surface area contributed by atoms with Crippen molar-refractivity contribution in [1.29, 1.82) is 0 Å². The van der Waals surface area contributed by atoms with Crippen molar-refractivity contribution in [2.24, 2.45) is 0 Å². The van der Waals surface area contributed by atoms with Gasteiger partial charge in [0, 0.05) is 23.3 Å². The van der Waals surface area contributed by atoms with Gasteiger partial charge in [0.2, 0.25) is 0 Å². The first-order valence-corrected chi connectivity index (χ1v) is 7.78. The minimum Gasteiger partial charge on any atom is -0.319 e. The lowest BCUT2D eigenvalue weighted by Gasteiger charge is -2.16. The van der Waals surface area contributed by atoms with Crippen LogP contribution in [0.2, 0.25) is 0 Å². The molecule has 4 nitrogen and oxygen atoms in total. The number of aromatic nitrogens is 3. The van der Waals surface area contributed by atoms with Crippen molar-refractivity contribution >= 4 is 11.3 Å². The second-order valence-corrected chi connectivity index (χ2v) is 6.28. The van der Waals surface area contributed by atoms with E-state index in [0.717, 1.165) is 34.5 Å². The third-order valence-electron chi connectivity index (χ3n) is 3.38. The van der Waals surface area contributed by atoms with Crippen LogP contribution in [0.3, 0.4) is 0 Å². The van der Waals surface area contributed by atoms with Crippen molar-refractivity contribution in [2.75, 3.05) is 13.6 Å². The number of likely N-dealkylation sites (N-methyl/N-ethyl adjacent to an activating group) is 1. The first-order chi connectivity index (χ1) is 9.51. The van der Waals surface area contributed by atoms with E-state index in [-0.39, 0.29) is 0 Å². The predicted molar refractivity (Wildman–Crippen MR) is 83.5 cm³/mol. The molecule has 0 aliphatic heterocycles. The van der Waals surface area contributed by atoms with Crippen molar-refractivity contribution < 1.29 is 0 Å². The molecular formula is C15H22N4S. The monoisotopic (exact) mass is 290 g/mol. The summed E-state index contributed by atoms with van der Waals surface area (Å²) < 4.78 is 0. The Morgan fingerprint density at radius 1 is 1.15 bits per heavy atom. The normalized spacial score (nSPS) is 12.7. The van der Waals surface area contributed by atoms with Crippen molar-refractivity contribution in [3.8, 4) is 0 Å². The van der Waals surface area contributed by atoms with Gasteiger partial charge in [-0.25, -0.2) is 15.0 Å². The van der Waals surface area contributed by atoms with Gasteiger partial charge in [-0.3, -0.25) is 0 Å². The summed E-state index contributed by atoms with van der Waals surface area (Å²) in [6.45, 7) is 9.32. The predicted octanol–water partition coefficient (Wildman–Crippen LogP) is 2.77. The molecule has 0 amide bonds. The second-order valence-electron chi connectivity index (χ2n) is 5.22. The van der Waals surface area contributed by atoms with Gasteiger partial charge in [-0.05, 0) is 39.3 Å². The van der Waals surface area contributed by atoms with Crippen LogP contribution in [0.4, 0.5) is 0 Å². The van der Waals surface area contributed by atoms with Crippen LogP contribution < -0.4 is 5.32 Å². The lowest BCUT2D eigenvalue weighted by molar-refractivity contribution is 0.659. The van der Waals surface area contributed by atoms with Crippen molar-refractivity contribution in [3.63, 3.8) is 0 Å². The molecule has 0 aliphatic carbocycles. The Morgan fingerprint density at radius 3 is 2.30 bits per heavy atom. The molecule has 2 heterocycles. The molecule has 0 fully saturated rings. The molecule has 0 aromatic carbocycles. The van der Waals surface area contributed by atoms with Crippen LogP contribution in [0.25, 0.3) is 0 Å². The number of nitrogens with zero attached hydrogens (tertiary/aromatic N) is 3. The molecule has 0 saturated heterocycles. The van der Waals surface area contributed by atoms with Gasteiger partial charge in [0.25, 0.3) is 0 Å². The first kappa shape index (κ1) is 15.1. The van der Waals surface area contributed by atoms with Crippen LogP contribution in [0.1, 0.15) is 46.3 Å². The average molecular weight is 290 g/mol. The Kier molecular flexibility index (Phi) is 4.83. The number of nitrogens with one attached hydrogen (secondary N) is 1. The Balaban J connectivity index is 2.25. The molecule has 1 atom stereocenters. The number of rotatable bonds is 5. The summed E-state index contributed by atoms with van der Waals surface area (Å²) in [5.41, 5.74) is 4.49. The SMILES string of the molecule is CNCC(C)c1c(C)nc(Cc2csc(C)n2)nc1C. The molecule has 1 unspecified atom stereocenters. The Labute approximate surface area is 124 Å². The van der Waals surface area contributed by atoms with E-state index in [1.807, 2.05) is 14.0 Å². The van der Waals surface area contributed by atoms with Crippen LogP contribution in [-0.4, -0.2) is 28.5 Å². The van der Waals surface area contributed by atoms with Crippen LogP contribution in [0.5, 0.6) is 0 Å². The molecule has 2 rings (SSSR count). The van der Waals surface area contributed by atoms with E-state index in [4.69, 9.17) is 0 Å². The second kappa shape index (κ2) is 6.41. The minimum atomic E-state index is 0.426. The van der Waals surface area contributed by atoms with Gasteiger partial charge in [-0.1, -0.05) is 6.92 Å². The van der Waals surface area contributed by atoms with E-state index in [1.165, 1.54) is 5.56 Å². The molecule has 2 aromatic rings. The zero-order valence-electron chi connectivity index (χ0n) is 12.8. The first-order valence-electron chi connectivity index (χ1n) is 6.91.